The Hall–Kier alpha value is -2.08. The smallest absolute Gasteiger partial charge is 0.119 e. The van der Waals surface area contributed by atoms with Crippen molar-refractivity contribution in [2.24, 2.45) is 11.7 Å². The third kappa shape index (κ3) is 4.96. The minimum atomic E-state index is 0.435. The Morgan fingerprint density at radius 1 is 1.17 bits per heavy atom. The molecule has 2 rings (SSSR count). The van der Waals surface area contributed by atoms with Gasteiger partial charge >= 0.3 is 0 Å². The van der Waals surface area contributed by atoms with Crippen LogP contribution in [0.25, 0.3) is 0 Å². The van der Waals surface area contributed by atoms with E-state index >= 15 is 0 Å². The Kier molecular flexibility index (Phi) is 6.40. The molecule has 0 saturated carbocycles. The van der Waals surface area contributed by atoms with Crippen molar-refractivity contribution in [1.29, 1.82) is 0 Å². The SMILES string of the molecule is COc1ccc(OCCCn2nnc(CN)c2CC(C)C)cc1. The molecule has 0 unspecified atom stereocenters. The lowest BCUT2D eigenvalue weighted by Gasteiger charge is -2.10. The molecule has 0 fully saturated rings. The zero-order valence-electron chi connectivity index (χ0n) is 14.2. The number of ether oxygens (including phenoxy) is 2. The van der Waals surface area contributed by atoms with Gasteiger partial charge in [0.25, 0.3) is 0 Å². The molecule has 2 aromatic rings. The molecule has 0 atom stereocenters. The summed E-state index contributed by atoms with van der Waals surface area (Å²) in [5.41, 5.74) is 7.79. The Labute approximate surface area is 137 Å². The van der Waals surface area contributed by atoms with Crippen LogP contribution in [0, 0.1) is 5.92 Å². The molecule has 23 heavy (non-hydrogen) atoms. The predicted octanol–water partition coefficient (Wildman–Crippen LogP) is 2.41. The average Bonchev–Trinajstić information content (AvgIpc) is 2.93. The monoisotopic (exact) mass is 318 g/mol. The molecule has 0 aliphatic heterocycles. The molecule has 1 aromatic heterocycles. The maximum atomic E-state index is 5.74. The molecular weight excluding hydrogens is 292 g/mol. The minimum Gasteiger partial charge on any atom is -0.497 e. The van der Waals surface area contributed by atoms with Crippen LogP contribution in [0.5, 0.6) is 11.5 Å². The molecule has 1 aromatic carbocycles. The summed E-state index contributed by atoms with van der Waals surface area (Å²) >= 11 is 0. The van der Waals surface area contributed by atoms with E-state index in [4.69, 9.17) is 15.2 Å². The number of methoxy groups -OCH3 is 1. The van der Waals surface area contributed by atoms with Crippen LogP contribution in [-0.4, -0.2) is 28.7 Å². The Balaban J connectivity index is 1.84. The van der Waals surface area contributed by atoms with E-state index in [-0.39, 0.29) is 0 Å². The van der Waals surface area contributed by atoms with E-state index in [0.717, 1.165) is 42.3 Å². The van der Waals surface area contributed by atoms with Gasteiger partial charge < -0.3 is 15.2 Å². The predicted molar refractivity (Wildman–Crippen MR) is 89.6 cm³/mol. The molecule has 0 amide bonds. The van der Waals surface area contributed by atoms with E-state index in [2.05, 4.69) is 24.2 Å². The van der Waals surface area contributed by atoms with Crippen LogP contribution in [0.1, 0.15) is 31.7 Å². The highest BCUT2D eigenvalue weighted by atomic mass is 16.5. The highest BCUT2D eigenvalue weighted by molar-refractivity contribution is 5.31. The van der Waals surface area contributed by atoms with Crippen molar-refractivity contribution in [3.63, 3.8) is 0 Å². The molecular formula is C17H26N4O2. The number of aromatic nitrogens is 3. The van der Waals surface area contributed by atoms with Crippen molar-refractivity contribution in [3.8, 4) is 11.5 Å². The van der Waals surface area contributed by atoms with Crippen LogP contribution in [0.2, 0.25) is 0 Å². The lowest BCUT2D eigenvalue weighted by Crippen LogP contribution is -2.12. The van der Waals surface area contributed by atoms with Crippen LogP contribution in [-0.2, 0) is 19.5 Å². The average molecular weight is 318 g/mol. The van der Waals surface area contributed by atoms with E-state index in [1.165, 1.54) is 0 Å². The van der Waals surface area contributed by atoms with Gasteiger partial charge in [0.15, 0.2) is 0 Å². The van der Waals surface area contributed by atoms with Crippen molar-refractivity contribution in [2.45, 2.75) is 39.8 Å². The normalized spacial score (nSPS) is 11.0. The topological polar surface area (TPSA) is 75.2 Å². The summed E-state index contributed by atoms with van der Waals surface area (Å²) in [5, 5.41) is 8.40. The first-order chi connectivity index (χ1) is 11.1. The molecule has 0 aliphatic rings. The third-order valence-corrected chi connectivity index (χ3v) is 3.56. The molecule has 0 radical (unpaired) electrons. The number of hydrogen-bond acceptors (Lipinski definition) is 5. The standard InChI is InChI=1S/C17H26N4O2/c1-13(2)11-17-16(12-18)19-20-21(17)9-4-10-23-15-7-5-14(22-3)6-8-15/h5-8,13H,4,9-12,18H2,1-3H3. The van der Waals surface area contributed by atoms with E-state index in [1.54, 1.807) is 7.11 Å². The van der Waals surface area contributed by atoms with Crippen molar-refractivity contribution in [3.05, 3.63) is 35.7 Å². The summed E-state index contributed by atoms with van der Waals surface area (Å²) in [6, 6.07) is 7.60. The molecule has 0 bridgehead atoms. The van der Waals surface area contributed by atoms with Crippen LogP contribution in [0.4, 0.5) is 0 Å². The fourth-order valence-corrected chi connectivity index (χ4v) is 2.39. The second kappa shape index (κ2) is 8.53. The van der Waals surface area contributed by atoms with Crippen molar-refractivity contribution < 1.29 is 9.47 Å². The Bertz CT molecular complexity index is 593. The van der Waals surface area contributed by atoms with E-state index < -0.39 is 0 Å². The summed E-state index contributed by atoms with van der Waals surface area (Å²) in [6.45, 7) is 6.22. The maximum absolute atomic E-state index is 5.74. The van der Waals surface area contributed by atoms with Gasteiger partial charge in [-0.25, -0.2) is 4.68 Å². The third-order valence-electron chi connectivity index (χ3n) is 3.56. The van der Waals surface area contributed by atoms with E-state index in [9.17, 15) is 0 Å². The molecule has 1 heterocycles. The molecule has 0 saturated heterocycles. The quantitative estimate of drug-likeness (QED) is 0.719. The Morgan fingerprint density at radius 3 is 2.48 bits per heavy atom. The largest absolute Gasteiger partial charge is 0.497 e. The molecule has 2 N–H and O–H groups in total. The molecule has 6 nitrogen and oxygen atoms in total. The zero-order chi connectivity index (χ0) is 16.7. The number of rotatable bonds is 9. The first-order valence-corrected chi connectivity index (χ1v) is 8.02. The van der Waals surface area contributed by atoms with Gasteiger partial charge in [-0.05, 0) is 36.6 Å². The molecule has 6 heteroatoms. The van der Waals surface area contributed by atoms with E-state index in [0.29, 0.717) is 19.1 Å². The molecule has 0 aliphatic carbocycles. The van der Waals surface area contributed by atoms with Crippen LogP contribution in [0.15, 0.2) is 24.3 Å². The summed E-state index contributed by atoms with van der Waals surface area (Å²) in [7, 11) is 1.65. The van der Waals surface area contributed by atoms with Crippen LogP contribution in [0.3, 0.4) is 0 Å². The summed E-state index contributed by atoms with van der Waals surface area (Å²) < 4.78 is 12.8. The number of nitrogens with zero attached hydrogens (tertiary/aromatic N) is 3. The van der Waals surface area contributed by atoms with Gasteiger partial charge in [0.2, 0.25) is 0 Å². The highest BCUT2D eigenvalue weighted by Crippen LogP contribution is 2.17. The van der Waals surface area contributed by atoms with Crippen LogP contribution >= 0.6 is 0 Å². The van der Waals surface area contributed by atoms with Gasteiger partial charge in [0, 0.05) is 19.5 Å². The van der Waals surface area contributed by atoms with Gasteiger partial charge in [-0.2, -0.15) is 0 Å². The number of hydrogen-bond donors (Lipinski definition) is 1. The van der Waals surface area contributed by atoms with Gasteiger partial charge in [-0.15, -0.1) is 5.10 Å². The van der Waals surface area contributed by atoms with Crippen molar-refractivity contribution in [1.82, 2.24) is 15.0 Å². The minimum absolute atomic E-state index is 0.435. The summed E-state index contributed by atoms with van der Waals surface area (Å²) in [4.78, 5) is 0. The fourth-order valence-electron chi connectivity index (χ4n) is 2.39. The number of benzene rings is 1. The number of aryl methyl sites for hydroxylation is 1. The lowest BCUT2D eigenvalue weighted by atomic mass is 10.1. The molecule has 0 spiro atoms. The second-order valence-electron chi connectivity index (χ2n) is 5.89. The van der Waals surface area contributed by atoms with Crippen molar-refractivity contribution >= 4 is 0 Å². The highest BCUT2D eigenvalue weighted by Gasteiger charge is 2.12. The van der Waals surface area contributed by atoms with Gasteiger partial charge in [-0.1, -0.05) is 19.1 Å². The lowest BCUT2D eigenvalue weighted by molar-refractivity contribution is 0.296. The van der Waals surface area contributed by atoms with Gasteiger partial charge in [0.05, 0.1) is 25.1 Å². The first kappa shape index (κ1) is 17.3. The van der Waals surface area contributed by atoms with Crippen LogP contribution < -0.4 is 15.2 Å². The van der Waals surface area contributed by atoms with Gasteiger partial charge in [0.1, 0.15) is 11.5 Å². The van der Waals surface area contributed by atoms with E-state index in [1.807, 2.05) is 28.9 Å². The molecule has 126 valence electrons. The maximum Gasteiger partial charge on any atom is 0.119 e. The number of nitrogens with two attached hydrogens (primary N) is 1. The zero-order valence-corrected chi connectivity index (χ0v) is 14.2. The summed E-state index contributed by atoms with van der Waals surface area (Å²) in [6.07, 6.45) is 1.81. The first-order valence-electron chi connectivity index (χ1n) is 8.02. The fraction of sp³-hybridized carbons (Fsp3) is 0.529. The second-order valence-corrected chi connectivity index (χ2v) is 5.89. The van der Waals surface area contributed by atoms with Gasteiger partial charge in [-0.3, -0.25) is 0 Å². The summed E-state index contributed by atoms with van der Waals surface area (Å²) in [5.74, 6) is 2.22. The van der Waals surface area contributed by atoms with Crippen molar-refractivity contribution in [2.75, 3.05) is 13.7 Å². The Morgan fingerprint density at radius 2 is 1.87 bits per heavy atom.